The molecule has 0 bridgehead atoms. The molecule has 1 N–H and O–H groups in total. The highest BCUT2D eigenvalue weighted by molar-refractivity contribution is 8.00. The predicted octanol–water partition coefficient (Wildman–Crippen LogP) is 4.00. The molecule has 0 spiro atoms. The highest BCUT2D eigenvalue weighted by atomic mass is 32.2. The molecule has 0 radical (unpaired) electrons. The van der Waals surface area contributed by atoms with Crippen LogP contribution in [0.2, 0.25) is 0 Å². The summed E-state index contributed by atoms with van der Waals surface area (Å²) in [6.45, 7) is 4.15. The van der Waals surface area contributed by atoms with Gasteiger partial charge in [-0.1, -0.05) is 37.7 Å². The molecule has 4 aromatic rings. The Kier molecular flexibility index (Phi) is 5.14. The first-order valence-corrected chi connectivity index (χ1v) is 10.1. The van der Waals surface area contributed by atoms with E-state index in [0.717, 1.165) is 16.9 Å². The molecule has 8 heteroatoms. The Hall–Kier alpha value is -3.44. The number of fused-ring (bicyclic) bond motifs is 3. The molecule has 1 amide bonds. The maximum atomic E-state index is 12.4. The maximum Gasteiger partial charge on any atom is 0.234 e. The van der Waals surface area contributed by atoms with Crippen LogP contribution in [0, 0.1) is 11.3 Å². The number of nitrogens with zero attached hydrogens (tertiary/aromatic N) is 5. The van der Waals surface area contributed by atoms with Gasteiger partial charge in [-0.25, -0.2) is 4.98 Å². The average molecular weight is 402 g/mol. The third-order valence-corrected chi connectivity index (χ3v) is 5.33. The SMILES string of the molecule is CC(C)c1nnc2c(SCC(=O)Nc3ccc(C#N)cc3)nc3ccccc3n12. The Balaban J connectivity index is 1.60. The number of para-hydroxylation sites is 2. The molecule has 0 saturated carbocycles. The molecule has 2 heterocycles. The van der Waals surface area contributed by atoms with Gasteiger partial charge in [0.1, 0.15) is 10.9 Å². The maximum absolute atomic E-state index is 12.4. The van der Waals surface area contributed by atoms with Crippen molar-refractivity contribution in [3.63, 3.8) is 0 Å². The van der Waals surface area contributed by atoms with Crippen LogP contribution in [0.4, 0.5) is 5.69 Å². The van der Waals surface area contributed by atoms with Crippen molar-refractivity contribution in [3.05, 3.63) is 59.9 Å². The monoisotopic (exact) mass is 402 g/mol. The first-order valence-electron chi connectivity index (χ1n) is 9.13. The van der Waals surface area contributed by atoms with E-state index in [0.29, 0.717) is 21.9 Å². The summed E-state index contributed by atoms with van der Waals surface area (Å²) in [5.41, 5.74) is 3.63. The molecule has 29 heavy (non-hydrogen) atoms. The van der Waals surface area contributed by atoms with Crippen molar-refractivity contribution in [2.75, 3.05) is 11.1 Å². The van der Waals surface area contributed by atoms with Gasteiger partial charge in [0, 0.05) is 11.6 Å². The first-order chi connectivity index (χ1) is 14.1. The van der Waals surface area contributed by atoms with E-state index < -0.39 is 0 Å². The summed E-state index contributed by atoms with van der Waals surface area (Å²) in [6.07, 6.45) is 0. The Morgan fingerprint density at radius 2 is 1.93 bits per heavy atom. The number of rotatable bonds is 5. The van der Waals surface area contributed by atoms with E-state index in [2.05, 4.69) is 35.4 Å². The zero-order valence-electron chi connectivity index (χ0n) is 16.0. The number of carbonyl (C=O) groups excluding carboxylic acids is 1. The molecule has 144 valence electrons. The fourth-order valence-corrected chi connectivity index (χ4v) is 3.77. The van der Waals surface area contributed by atoms with Gasteiger partial charge in [-0.05, 0) is 36.4 Å². The van der Waals surface area contributed by atoms with Crippen LogP contribution in [0.1, 0.15) is 31.2 Å². The second-order valence-electron chi connectivity index (χ2n) is 6.80. The number of carbonyl (C=O) groups is 1. The lowest BCUT2D eigenvalue weighted by atomic mass is 10.2. The molecule has 4 rings (SSSR count). The second kappa shape index (κ2) is 7.89. The summed E-state index contributed by atoms with van der Waals surface area (Å²) in [6, 6.07) is 16.7. The van der Waals surface area contributed by atoms with Gasteiger partial charge in [0.15, 0.2) is 5.65 Å². The zero-order chi connectivity index (χ0) is 20.4. The smallest absolute Gasteiger partial charge is 0.234 e. The van der Waals surface area contributed by atoms with Gasteiger partial charge in [0.25, 0.3) is 0 Å². The quantitative estimate of drug-likeness (QED) is 0.507. The van der Waals surface area contributed by atoms with Crippen molar-refractivity contribution in [1.82, 2.24) is 19.6 Å². The van der Waals surface area contributed by atoms with E-state index in [1.54, 1.807) is 24.3 Å². The molecule has 0 saturated heterocycles. The molecule has 0 aliphatic rings. The van der Waals surface area contributed by atoms with Crippen molar-refractivity contribution in [2.24, 2.45) is 0 Å². The minimum absolute atomic E-state index is 0.156. The van der Waals surface area contributed by atoms with E-state index >= 15 is 0 Å². The number of nitriles is 1. The average Bonchev–Trinajstić information content (AvgIpc) is 3.18. The van der Waals surface area contributed by atoms with E-state index in [1.807, 2.05) is 28.7 Å². The Bertz CT molecular complexity index is 1240. The van der Waals surface area contributed by atoms with Crippen LogP contribution in [0.5, 0.6) is 0 Å². The second-order valence-corrected chi connectivity index (χ2v) is 7.77. The highest BCUT2D eigenvalue weighted by Crippen LogP contribution is 2.27. The van der Waals surface area contributed by atoms with E-state index in [9.17, 15) is 4.79 Å². The lowest BCUT2D eigenvalue weighted by molar-refractivity contribution is -0.113. The third kappa shape index (κ3) is 3.77. The normalized spacial score (nSPS) is 11.1. The Morgan fingerprint density at radius 1 is 1.17 bits per heavy atom. The lowest BCUT2D eigenvalue weighted by Crippen LogP contribution is -2.14. The molecule has 0 atom stereocenters. The van der Waals surface area contributed by atoms with Crippen LogP contribution >= 0.6 is 11.8 Å². The summed E-state index contributed by atoms with van der Waals surface area (Å²) >= 11 is 1.33. The molecule has 2 aromatic heterocycles. The molecule has 0 aliphatic carbocycles. The highest BCUT2D eigenvalue weighted by Gasteiger charge is 2.18. The van der Waals surface area contributed by atoms with Crippen LogP contribution in [-0.4, -0.2) is 31.2 Å². The van der Waals surface area contributed by atoms with Crippen molar-refractivity contribution in [2.45, 2.75) is 24.8 Å². The zero-order valence-corrected chi connectivity index (χ0v) is 16.8. The summed E-state index contributed by atoms with van der Waals surface area (Å²) in [5.74, 6) is 1.09. The molecule has 0 unspecified atom stereocenters. The topological polar surface area (TPSA) is 96.0 Å². The van der Waals surface area contributed by atoms with Gasteiger partial charge < -0.3 is 5.32 Å². The number of hydrogen-bond acceptors (Lipinski definition) is 6. The molecule has 0 aliphatic heterocycles. The standard InChI is InChI=1S/C21H18N6OS/c1-13(2)19-25-26-20-21(24-16-5-3-4-6-17(16)27(19)20)29-12-18(28)23-15-9-7-14(11-22)8-10-15/h3-10,13H,12H2,1-2H3,(H,23,28). The molecule has 7 nitrogen and oxygen atoms in total. The Labute approximate surface area is 171 Å². The van der Waals surface area contributed by atoms with E-state index in [-0.39, 0.29) is 17.6 Å². The van der Waals surface area contributed by atoms with E-state index in [1.165, 1.54) is 11.8 Å². The lowest BCUT2D eigenvalue weighted by Gasteiger charge is -2.10. The number of anilines is 1. The summed E-state index contributed by atoms with van der Waals surface area (Å²) in [5, 5.41) is 21.0. The van der Waals surface area contributed by atoms with Crippen LogP contribution < -0.4 is 5.32 Å². The molecule has 0 fully saturated rings. The summed E-state index contributed by atoms with van der Waals surface area (Å²) in [4.78, 5) is 17.1. The van der Waals surface area contributed by atoms with Crippen molar-refractivity contribution in [1.29, 1.82) is 5.26 Å². The number of hydrogen-bond donors (Lipinski definition) is 1. The first kappa shape index (κ1) is 18.9. The third-order valence-electron chi connectivity index (χ3n) is 4.38. The van der Waals surface area contributed by atoms with Gasteiger partial charge >= 0.3 is 0 Å². The number of thioether (sulfide) groups is 1. The van der Waals surface area contributed by atoms with Crippen molar-refractivity contribution in [3.8, 4) is 6.07 Å². The summed E-state index contributed by atoms with van der Waals surface area (Å²) in [7, 11) is 0. The van der Waals surface area contributed by atoms with Gasteiger partial charge in [0.2, 0.25) is 5.91 Å². The Morgan fingerprint density at radius 3 is 2.66 bits per heavy atom. The van der Waals surface area contributed by atoms with Crippen LogP contribution in [0.3, 0.4) is 0 Å². The molecular weight excluding hydrogens is 384 g/mol. The van der Waals surface area contributed by atoms with Crippen LogP contribution in [0.25, 0.3) is 16.7 Å². The van der Waals surface area contributed by atoms with Crippen LogP contribution in [0.15, 0.2) is 53.6 Å². The molecular formula is C21H18N6OS. The number of benzene rings is 2. The van der Waals surface area contributed by atoms with Gasteiger partial charge in [-0.2, -0.15) is 5.26 Å². The van der Waals surface area contributed by atoms with Gasteiger partial charge in [-0.3, -0.25) is 9.20 Å². The summed E-state index contributed by atoms with van der Waals surface area (Å²) < 4.78 is 2.02. The number of aromatic nitrogens is 4. The van der Waals surface area contributed by atoms with Crippen molar-refractivity contribution < 1.29 is 4.79 Å². The largest absolute Gasteiger partial charge is 0.325 e. The van der Waals surface area contributed by atoms with Gasteiger partial charge in [-0.15, -0.1) is 10.2 Å². The number of nitrogens with one attached hydrogen (secondary N) is 1. The van der Waals surface area contributed by atoms with Gasteiger partial charge in [0.05, 0.1) is 28.4 Å². The minimum Gasteiger partial charge on any atom is -0.325 e. The fraction of sp³-hybridized carbons (Fsp3) is 0.190. The van der Waals surface area contributed by atoms with Crippen LogP contribution in [-0.2, 0) is 4.79 Å². The molecule has 2 aromatic carbocycles. The predicted molar refractivity (Wildman–Crippen MR) is 113 cm³/mol. The van der Waals surface area contributed by atoms with E-state index in [4.69, 9.17) is 10.2 Å². The van der Waals surface area contributed by atoms with Crippen molar-refractivity contribution >= 4 is 40.0 Å². The fourth-order valence-electron chi connectivity index (χ4n) is 3.01. The minimum atomic E-state index is -0.156. The number of amides is 1.